The van der Waals surface area contributed by atoms with E-state index in [9.17, 15) is 24.0 Å². The number of ketones is 2. The minimum Gasteiger partial charge on any atom is -0.491 e. The molecule has 0 spiro atoms. The van der Waals surface area contributed by atoms with Crippen molar-refractivity contribution in [3.8, 4) is 23.3 Å². The summed E-state index contributed by atoms with van der Waals surface area (Å²) in [4.78, 5) is 72.2. The third-order valence-electron chi connectivity index (χ3n) is 7.96. The molecule has 0 N–H and O–H groups in total. The summed E-state index contributed by atoms with van der Waals surface area (Å²) in [5, 5.41) is 0. The Kier molecular flexibility index (Phi) is 15.1. The molecular weight excluding hydrogens is 729 g/mol. The van der Waals surface area contributed by atoms with E-state index in [1.54, 1.807) is 52.0 Å². The highest BCUT2D eigenvalue weighted by molar-refractivity contribution is 7.21. The molecule has 0 amide bonds. The SMILES string of the molecule is CCC(C(=O)OC)C(C(=O)OC(C)(C)C)C(=O)c1cc2nc(OC)c(OC)cc2s1.CCC(CC(=O)c1cc2nc(OC)c(OC)cc2s1)C(=O)OC. The monoisotopic (exact) mass is 774 g/mol. The van der Waals surface area contributed by atoms with Crippen molar-refractivity contribution in [3.05, 3.63) is 34.0 Å². The largest absolute Gasteiger partial charge is 0.491 e. The molecule has 288 valence electrons. The minimum atomic E-state index is -1.32. The van der Waals surface area contributed by atoms with Gasteiger partial charge in [-0.3, -0.25) is 24.0 Å². The van der Waals surface area contributed by atoms with Crippen molar-refractivity contribution < 1.29 is 57.1 Å². The number of nitrogens with zero attached hydrogens (tertiary/aromatic N) is 2. The number of Topliss-reactive ketones (excluding diaryl/α,β-unsaturated/α-hetero) is 2. The van der Waals surface area contributed by atoms with Gasteiger partial charge in [0.15, 0.2) is 23.1 Å². The second-order valence-electron chi connectivity index (χ2n) is 12.6. The lowest BCUT2D eigenvalue weighted by Crippen LogP contribution is -2.40. The Hall–Kier alpha value is -4.83. The van der Waals surface area contributed by atoms with Crippen LogP contribution in [0.5, 0.6) is 23.3 Å². The quantitative estimate of drug-likeness (QED) is 0.0537. The Morgan fingerprint density at radius 1 is 0.660 bits per heavy atom. The van der Waals surface area contributed by atoms with Crippen LogP contribution in [0.2, 0.25) is 0 Å². The van der Waals surface area contributed by atoms with Gasteiger partial charge in [-0.1, -0.05) is 13.8 Å². The van der Waals surface area contributed by atoms with Crippen LogP contribution >= 0.6 is 22.7 Å². The summed E-state index contributed by atoms with van der Waals surface area (Å²) in [5.41, 5.74) is 0.379. The summed E-state index contributed by atoms with van der Waals surface area (Å²) in [6.07, 6.45) is 0.931. The number of hydrogen-bond donors (Lipinski definition) is 0. The molecule has 4 aromatic heterocycles. The number of aromatic nitrogens is 2. The molecule has 4 aromatic rings. The van der Waals surface area contributed by atoms with E-state index in [0.717, 1.165) is 16.0 Å². The topological polar surface area (TPSA) is 176 Å². The normalized spacial score (nSPS) is 12.8. The predicted molar refractivity (Wildman–Crippen MR) is 200 cm³/mol. The van der Waals surface area contributed by atoms with Gasteiger partial charge in [-0.2, -0.15) is 0 Å². The summed E-state index contributed by atoms with van der Waals surface area (Å²) < 4.78 is 37.4. The highest BCUT2D eigenvalue weighted by Crippen LogP contribution is 2.37. The lowest BCUT2D eigenvalue weighted by molar-refractivity contribution is -0.165. The maximum atomic E-state index is 13.4. The molecule has 4 rings (SSSR count). The molecule has 0 radical (unpaired) electrons. The van der Waals surface area contributed by atoms with E-state index in [-0.39, 0.29) is 35.4 Å². The Balaban J connectivity index is 0.000000295. The van der Waals surface area contributed by atoms with E-state index in [1.165, 1.54) is 54.0 Å². The number of esters is 3. The minimum absolute atomic E-state index is 0.0943. The van der Waals surface area contributed by atoms with Crippen LogP contribution in [0, 0.1) is 17.8 Å². The van der Waals surface area contributed by atoms with Crippen LogP contribution < -0.4 is 18.9 Å². The lowest BCUT2D eigenvalue weighted by atomic mass is 9.85. The summed E-state index contributed by atoms with van der Waals surface area (Å²) >= 11 is 2.48. The van der Waals surface area contributed by atoms with Crippen molar-refractivity contribution in [1.29, 1.82) is 0 Å². The van der Waals surface area contributed by atoms with Gasteiger partial charge in [0.05, 0.1) is 84.7 Å². The standard InChI is InChI=1S/C21H27NO7S.C16H19NO5S/c1-8-11(19(24)28-7)16(20(25)29-21(2,3)4)17(23)15-9-12-14(30-15)10-13(26-5)18(22-12)27-6;1-5-9(16(19)22-4)6-11(18)14-7-10-13(23-14)8-12(20-2)15(17-10)21-3/h9-11,16H,8H2,1-7H3;7-9H,5-6H2,1-4H3. The van der Waals surface area contributed by atoms with Crippen molar-refractivity contribution in [2.45, 2.75) is 59.5 Å². The Labute approximate surface area is 316 Å². The maximum absolute atomic E-state index is 13.4. The molecule has 14 nitrogen and oxygen atoms in total. The number of methoxy groups -OCH3 is 6. The molecule has 0 bridgehead atoms. The number of ether oxygens (including phenoxy) is 7. The first kappa shape index (κ1) is 42.6. The summed E-state index contributed by atoms with van der Waals surface area (Å²) in [6, 6.07) is 6.79. The molecular formula is C37H46N2O12S2. The van der Waals surface area contributed by atoms with Crippen LogP contribution in [-0.4, -0.2) is 87.7 Å². The summed E-state index contributed by atoms with van der Waals surface area (Å²) in [7, 11) is 8.56. The van der Waals surface area contributed by atoms with Gasteiger partial charge >= 0.3 is 17.9 Å². The van der Waals surface area contributed by atoms with Gasteiger partial charge in [-0.05, 0) is 45.7 Å². The fraction of sp³-hybridized carbons (Fsp3) is 0.486. The van der Waals surface area contributed by atoms with E-state index < -0.39 is 41.1 Å². The number of carbonyl (C=O) groups is 5. The number of thiophene rings is 2. The number of rotatable bonds is 15. The van der Waals surface area contributed by atoms with Crippen molar-refractivity contribution in [1.82, 2.24) is 9.97 Å². The molecule has 3 atom stereocenters. The van der Waals surface area contributed by atoms with Crippen molar-refractivity contribution in [3.63, 3.8) is 0 Å². The van der Waals surface area contributed by atoms with Crippen LogP contribution in [0.25, 0.3) is 20.4 Å². The van der Waals surface area contributed by atoms with E-state index in [0.29, 0.717) is 44.4 Å². The molecule has 16 heteroatoms. The van der Waals surface area contributed by atoms with Crippen molar-refractivity contribution in [2.24, 2.45) is 17.8 Å². The lowest BCUT2D eigenvalue weighted by Gasteiger charge is -2.26. The van der Waals surface area contributed by atoms with Gasteiger partial charge in [0.25, 0.3) is 11.8 Å². The van der Waals surface area contributed by atoms with Gasteiger partial charge in [-0.25, -0.2) is 9.97 Å². The molecule has 0 aliphatic carbocycles. The number of hydrogen-bond acceptors (Lipinski definition) is 16. The van der Waals surface area contributed by atoms with E-state index in [1.807, 2.05) is 6.92 Å². The first-order chi connectivity index (χ1) is 25.1. The second-order valence-corrected chi connectivity index (χ2v) is 14.7. The molecule has 3 unspecified atom stereocenters. The zero-order valence-electron chi connectivity index (χ0n) is 31.8. The van der Waals surface area contributed by atoms with Crippen LogP contribution in [0.15, 0.2) is 24.3 Å². The molecule has 0 saturated carbocycles. The van der Waals surface area contributed by atoms with E-state index in [2.05, 4.69) is 9.97 Å². The van der Waals surface area contributed by atoms with Gasteiger partial charge in [0, 0.05) is 18.6 Å². The highest BCUT2D eigenvalue weighted by Gasteiger charge is 2.42. The van der Waals surface area contributed by atoms with Gasteiger partial charge < -0.3 is 33.2 Å². The molecule has 0 aromatic carbocycles. The van der Waals surface area contributed by atoms with Crippen LogP contribution in [0.4, 0.5) is 0 Å². The Morgan fingerprint density at radius 3 is 1.57 bits per heavy atom. The molecule has 0 aliphatic rings. The summed E-state index contributed by atoms with van der Waals surface area (Å²) in [6.45, 7) is 8.68. The number of carbonyl (C=O) groups excluding carboxylic acids is 5. The van der Waals surface area contributed by atoms with Gasteiger partial charge in [0.2, 0.25) is 0 Å². The predicted octanol–water partition coefficient (Wildman–Crippen LogP) is 6.74. The molecule has 0 aliphatic heterocycles. The Bertz CT molecular complexity index is 1860. The zero-order chi connectivity index (χ0) is 39.6. The molecule has 0 saturated heterocycles. The smallest absolute Gasteiger partial charge is 0.318 e. The average Bonchev–Trinajstić information content (AvgIpc) is 3.76. The summed E-state index contributed by atoms with van der Waals surface area (Å²) in [5.74, 6) is -3.46. The third-order valence-corrected chi connectivity index (χ3v) is 10.2. The number of fused-ring (bicyclic) bond motifs is 2. The van der Waals surface area contributed by atoms with Crippen LogP contribution in [-0.2, 0) is 28.6 Å². The second kappa shape index (κ2) is 18.8. The fourth-order valence-corrected chi connectivity index (χ4v) is 7.24. The van der Waals surface area contributed by atoms with Gasteiger partial charge in [0.1, 0.15) is 11.5 Å². The molecule has 0 fully saturated rings. The number of pyridine rings is 2. The third kappa shape index (κ3) is 10.4. The first-order valence-corrected chi connectivity index (χ1v) is 18.2. The Morgan fingerprint density at radius 2 is 1.15 bits per heavy atom. The maximum Gasteiger partial charge on any atom is 0.318 e. The van der Waals surface area contributed by atoms with E-state index >= 15 is 0 Å². The van der Waals surface area contributed by atoms with Crippen LogP contribution in [0.3, 0.4) is 0 Å². The highest BCUT2D eigenvalue weighted by atomic mass is 32.1. The first-order valence-electron chi connectivity index (χ1n) is 16.6. The van der Waals surface area contributed by atoms with E-state index in [4.69, 9.17) is 33.2 Å². The van der Waals surface area contributed by atoms with Gasteiger partial charge in [-0.15, -0.1) is 22.7 Å². The van der Waals surface area contributed by atoms with Crippen molar-refractivity contribution in [2.75, 3.05) is 42.7 Å². The molecule has 4 heterocycles. The van der Waals surface area contributed by atoms with Crippen molar-refractivity contribution >= 4 is 72.6 Å². The zero-order valence-corrected chi connectivity index (χ0v) is 33.4. The fourth-order valence-electron chi connectivity index (χ4n) is 5.25. The molecule has 53 heavy (non-hydrogen) atoms. The average molecular weight is 775 g/mol. The van der Waals surface area contributed by atoms with Crippen LogP contribution in [0.1, 0.15) is 73.2 Å².